The standard InChI is InChI=1S/C46H52N10O4/c1-4-53(5-2)41(35-12-7-6-8-13-35)45(58)56-27-10-15-40(56)43-48-29-37(51-43)34-22-18-32(19-23-34)31-16-20-33(21-17-31)36-28-47-42(50-36)39-14-9-26-55(39)44(57)38(52-46(59)60-3)30-54-25-11-24-49-54/h6-8,11-13,16-25,28-29,38-41H,4-5,9-10,14-15,26-27,30H2,1-3H3,(H,47,50)(H,48,51)(H,52,59)/t38-,39-,40-,41?/m0/s1. The van der Waals surface area contributed by atoms with Gasteiger partial charge in [-0.05, 0) is 72.7 Å². The monoisotopic (exact) mass is 808 g/mol. The van der Waals surface area contributed by atoms with Gasteiger partial charge in [0.2, 0.25) is 11.8 Å². The molecule has 14 heteroatoms. The summed E-state index contributed by atoms with van der Waals surface area (Å²) in [7, 11) is 1.28. The van der Waals surface area contributed by atoms with Gasteiger partial charge in [-0.3, -0.25) is 19.2 Å². The first-order chi connectivity index (χ1) is 29.3. The minimum atomic E-state index is -0.845. The number of hydrogen-bond acceptors (Lipinski definition) is 8. The molecule has 2 fully saturated rings. The van der Waals surface area contributed by atoms with Gasteiger partial charge in [0.1, 0.15) is 23.7 Å². The number of likely N-dealkylation sites (tertiary alicyclic amines) is 2. The summed E-state index contributed by atoms with van der Waals surface area (Å²) in [6.07, 6.45) is 9.77. The van der Waals surface area contributed by atoms with Gasteiger partial charge in [-0.25, -0.2) is 14.8 Å². The number of nitrogens with zero attached hydrogens (tertiary/aromatic N) is 7. The number of benzene rings is 3. The van der Waals surface area contributed by atoms with Crippen LogP contribution in [-0.4, -0.2) is 102 Å². The molecule has 1 unspecified atom stereocenters. The SMILES string of the molecule is CCN(CC)C(C(=O)N1CCC[C@H]1c1ncc(-c2ccc(-c3ccc(-c4cnc([C@@H]5CCCN5C(=O)[C@H](Cn5cccn5)NC(=O)OC)[nH]4)cc3)cc2)[nH]1)c1ccccc1. The van der Waals surface area contributed by atoms with Crippen molar-refractivity contribution < 1.29 is 19.1 Å². The summed E-state index contributed by atoms with van der Waals surface area (Å²) in [5.74, 6) is 1.44. The number of ether oxygens (including phenoxy) is 1. The number of nitrogens with one attached hydrogen (secondary N) is 3. The number of hydrogen-bond donors (Lipinski definition) is 3. The molecule has 3 aromatic heterocycles. The summed E-state index contributed by atoms with van der Waals surface area (Å²) in [5.41, 5.74) is 6.95. The Morgan fingerprint density at radius 3 is 1.78 bits per heavy atom. The van der Waals surface area contributed by atoms with Crippen molar-refractivity contribution in [1.82, 2.24) is 49.7 Å². The molecule has 14 nitrogen and oxygen atoms in total. The third-order valence-electron chi connectivity index (χ3n) is 11.9. The topological polar surface area (TPSA) is 157 Å². The third-order valence-corrected chi connectivity index (χ3v) is 11.9. The van der Waals surface area contributed by atoms with Crippen molar-refractivity contribution >= 4 is 17.9 Å². The van der Waals surface area contributed by atoms with Crippen LogP contribution in [0.5, 0.6) is 0 Å². The normalized spacial score (nSPS) is 17.5. The summed E-state index contributed by atoms with van der Waals surface area (Å²) in [5, 5.41) is 6.90. The molecule has 0 saturated carbocycles. The Kier molecular flexibility index (Phi) is 12.2. The number of aromatic nitrogens is 6. The van der Waals surface area contributed by atoms with E-state index in [-0.39, 0.29) is 36.5 Å². The van der Waals surface area contributed by atoms with E-state index in [0.29, 0.717) is 18.9 Å². The molecule has 60 heavy (non-hydrogen) atoms. The third kappa shape index (κ3) is 8.46. The Balaban J connectivity index is 0.924. The van der Waals surface area contributed by atoms with Gasteiger partial charge in [0.05, 0.1) is 49.5 Å². The summed E-state index contributed by atoms with van der Waals surface area (Å²) >= 11 is 0. The van der Waals surface area contributed by atoms with Crippen LogP contribution in [0.3, 0.4) is 0 Å². The lowest BCUT2D eigenvalue weighted by atomic mass is 10.0. The molecule has 4 atom stereocenters. The van der Waals surface area contributed by atoms with Crippen LogP contribution in [0.4, 0.5) is 4.79 Å². The minimum Gasteiger partial charge on any atom is -0.453 e. The largest absolute Gasteiger partial charge is 0.453 e. The van der Waals surface area contributed by atoms with Crippen molar-refractivity contribution in [1.29, 1.82) is 0 Å². The van der Waals surface area contributed by atoms with E-state index in [1.165, 1.54) is 7.11 Å². The number of carbonyl (C=O) groups is 3. The molecule has 0 bridgehead atoms. The molecule has 5 heterocycles. The van der Waals surface area contributed by atoms with Crippen LogP contribution < -0.4 is 5.32 Å². The molecule has 2 aliphatic heterocycles. The summed E-state index contributed by atoms with van der Waals surface area (Å²) in [6, 6.07) is 27.1. The molecule has 3 aromatic carbocycles. The molecule has 310 valence electrons. The lowest BCUT2D eigenvalue weighted by Gasteiger charge is -2.34. The fourth-order valence-electron chi connectivity index (χ4n) is 8.69. The lowest BCUT2D eigenvalue weighted by Crippen LogP contribution is -2.50. The van der Waals surface area contributed by atoms with Gasteiger partial charge in [0.25, 0.3) is 0 Å². The van der Waals surface area contributed by atoms with E-state index in [1.54, 1.807) is 34.2 Å². The summed E-state index contributed by atoms with van der Waals surface area (Å²) in [4.78, 5) is 62.7. The van der Waals surface area contributed by atoms with Crippen LogP contribution in [0.2, 0.25) is 0 Å². The number of likely N-dealkylation sites (N-methyl/N-ethyl adjacent to an activating group) is 1. The zero-order chi connectivity index (χ0) is 41.6. The summed E-state index contributed by atoms with van der Waals surface area (Å²) < 4.78 is 6.42. The number of amides is 3. The van der Waals surface area contributed by atoms with E-state index in [9.17, 15) is 14.4 Å². The Labute approximate surface area is 350 Å². The number of carbonyl (C=O) groups excluding carboxylic acids is 3. The van der Waals surface area contributed by atoms with E-state index >= 15 is 0 Å². The fraction of sp³-hybridized carbons (Fsp3) is 0.348. The highest BCUT2D eigenvalue weighted by atomic mass is 16.5. The molecule has 6 aromatic rings. The van der Waals surface area contributed by atoms with E-state index in [0.717, 1.165) is 83.8 Å². The van der Waals surface area contributed by atoms with Crippen LogP contribution >= 0.6 is 0 Å². The molecular formula is C46H52N10O4. The average Bonchev–Trinajstić information content (AvgIpc) is 4.15. The molecule has 0 aliphatic carbocycles. The van der Waals surface area contributed by atoms with E-state index in [1.807, 2.05) is 29.3 Å². The Bertz CT molecular complexity index is 2350. The molecule has 8 rings (SSSR count). The minimum absolute atomic E-state index is 0.0998. The molecule has 2 aliphatic rings. The fourth-order valence-corrected chi connectivity index (χ4v) is 8.69. The number of H-pyrrole nitrogens is 2. The highest BCUT2D eigenvalue weighted by molar-refractivity contribution is 5.86. The van der Waals surface area contributed by atoms with Gasteiger partial charge in [0.15, 0.2) is 0 Å². The zero-order valence-electron chi connectivity index (χ0n) is 34.3. The van der Waals surface area contributed by atoms with Gasteiger partial charge in [-0.1, -0.05) is 92.7 Å². The lowest BCUT2D eigenvalue weighted by molar-refractivity contribution is -0.138. The Hall–Kier alpha value is -6.54. The Morgan fingerprint density at radius 2 is 1.28 bits per heavy atom. The quantitative estimate of drug-likeness (QED) is 0.105. The molecular weight excluding hydrogens is 757 g/mol. The second-order valence-electron chi connectivity index (χ2n) is 15.3. The molecule has 0 spiro atoms. The zero-order valence-corrected chi connectivity index (χ0v) is 34.3. The molecule has 3 N–H and O–H groups in total. The van der Waals surface area contributed by atoms with Crippen molar-refractivity contribution in [3.05, 3.63) is 127 Å². The first kappa shape index (κ1) is 40.2. The van der Waals surface area contributed by atoms with Crippen LogP contribution in [0.1, 0.15) is 74.9 Å². The van der Waals surface area contributed by atoms with E-state index in [4.69, 9.17) is 14.7 Å². The van der Waals surface area contributed by atoms with Crippen molar-refractivity contribution in [2.24, 2.45) is 0 Å². The van der Waals surface area contributed by atoms with Crippen molar-refractivity contribution in [3.63, 3.8) is 0 Å². The maximum absolute atomic E-state index is 14.2. The van der Waals surface area contributed by atoms with Gasteiger partial charge in [0, 0.05) is 25.5 Å². The molecule has 3 amide bonds. The van der Waals surface area contributed by atoms with Gasteiger partial charge >= 0.3 is 6.09 Å². The molecule has 2 saturated heterocycles. The average molecular weight is 809 g/mol. The first-order valence-electron chi connectivity index (χ1n) is 20.9. The predicted molar refractivity (Wildman–Crippen MR) is 228 cm³/mol. The number of rotatable bonds is 14. The van der Waals surface area contributed by atoms with Gasteiger partial charge in [-0.15, -0.1) is 0 Å². The van der Waals surface area contributed by atoms with Crippen molar-refractivity contribution in [2.45, 2.75) is 70.2 Å². The van der Waals surface area contributed by atoms with E-state index < -0.39 is 12.1 Å². The van der Waals surface area contributed by atoms with Crippen LogP contribution in [0, 0.1) is 0 Å². The van der Waals surface area contributed by atoms with E-state index in [2.05, 4.69) is 99.8 Å². The maximum Gasteiger partial charge on any atom is 0.407 e. The highest BCUT2D eigenvalue weighted by Crippen LogP contribution is 2.36. The summed E-state index contributed by atoms with van der Waals surface area (Å²) in [6.45, 7) is 7.25. The van der Waals surface area contributed by atoms with Crippen LogP contribution in [0.15, 0.2) is 110 Å². The van der Waals surface area contributed by atoms with Gasteiger partial charge in [-0.2, -0.15) is 5.10 Å². The van der Waals surface area contributed by atoms with Crippen molar-refractivity contribution in [2.75, 3.05) is 33.3 Å². The maximum atomic E-state index is 14.2. The second-order valence-corrected chi connectivity index (χ2v) is 15.3. The number of alkyl carbamates (subject to hydrolysis) is 1. The van der Waals surface area contributed by atoms with Gasteiger partial charge < -0.3 is 29.8 Å². The second kappa shape index (κ2) is 18.2. The van der Waals surface area contributed by atoms with Crippen LogP contribution in [-0.2, 0) is 20.9 Å². The van der Waals surface area contributed by atoms with Crippen LogP contribution in [0.25, 0.3) is 33.6 Å². The number of imidazole rings is 2. The highest BCUT2D eigenvalue weighted by Gasteiger charge is 2.39. The Morgan fingerprint density at radius 1 is 0.750 bits per heavy atom. The molecule has 0 radical (unpaired) electrons. The predicted octanol–water partition coefficient (Wildman–Crippen LogP) is 7.17. The van der Waals surface area contributed by atoms with Crippen molar-refractivity contribution in [3.8, 4) is 33.6 Å². The first-order valence-corrected chi connectivity index (χ1v) is 20.9. The number of aromatic amines is 2. The number of methoxy groups -OCH3 is 1. The smallest absolute Gasteiger partial charge is 0.407 e.